The molecular weight excluding hydrogens is 413 g/mol. The van der Waals surface area contributed by atoms with Crippen molar-refractivity contribution >= 4 is 34.7 Å². The van der Waals surface area contributed by atoms with Crippen LogP contribution in [0.15, 0.2) is 84.9 Å². The molecule has 5 rings (SSSR count). The molecule has 0 radical (unpaired) electrons. The third-order valence-electron chi connectivity index (χ3n) is 5.39. The van der Waals surface area contributed by atoms with E-state index in [-0.39, 0.29) is 5.92 Å². The van der Waals surface area contributed by atoms with E-state index in [9.17, 15) is 0 Å². The molecule has 1 N–H and O–H groups in total. The Hall–Kier alpha value is -3.01. The zero-order valence-electron chi connectivity index (χ0n) is 16.3. The number of fused-ring (bicyclic) bond motifs is 1. The van der Waals surface area contributed by atoms with Gasteiger partial charge in [-0.15, -0.1) is 0 Å². The molecule has 4 aromatic rings. The average molecular weight is 432 g/mol. The van der Waals surface area contributed by atoms with Crippen molar-refractivity contribution in [2.24, 2.45) is 0 Å². The predicted octanol–water partition coefficient (Wildman–Crippen LogP) is 7.09. The van der Waals surface area contributed by atoms with Crippen LogP contribution >= 0.6 is 23.2 Å². The molecule has 0 saturated carbocycles. The number of rotatable bonds is 3. The van der Waals surface area contributed by atoms with E-state index in [0.717, 1.165) is 38.5 Å². The van der Waals surface area contributed by atoms with Gasteiger partial charge in [0.15, 0.2) is 0 Å². The molecule has 0 amide bonds. The normalized spacial score (nSPS) is 15.3. The van der Waals surface area contributed by atoms with Crippen LogP contribution in [0.3, 0.4) is 0 Å². The first-order valence-electron chi connectivity index (χ1n) is 9.75. The van der Waals surface area contributed by atoms with Crippen molar-refractivity contribution < 1.29 is 0 Å². The van der Waals surface area contributed by atoms with Crippen LogP contribution in [-0.4, -0.2) is 9.78 Å². The van der Waals surface area contributed by atoms with Crippen LogP contribution in [0.25, 0.3) is 11.4 Å². The summed E-state index contributed by atoms with van der Waals surface area (Å²) in [7, 11) is 0. The summed E-state index contributed by atoms with van der Waals surface area (Å²) in [5.41, 5.74) is 6.44. The molecule has 0 bridgehead atoms. The van der Waals surface area contributed by atoms with Gasteiger partial charge in [-0.2, -0.15) is 5.10 Å². The van der Waals surface area contributed by atoms with E-state index in [1.165, 1.54) is 11.1 Å². The quantitative estimate of drug-likeness (QED) is 0.375. The van der Waals surface area contributed by atoms with E-state index in [1.807, 2.05) is 59.3 Å². The molecule has 0 saturated heterocycles. The maximum Gasteiger partial charge on any atom is 0.138 e. The fourth-order valence-electron chi connectivity index (χ4n) is 3.94. The molecule has 2 heterocycles. The summed E-state index contributed by atoms with van der Waals surface area (Å²) in [6.45, 7) is 2.06. The molecule has 5 heteroatoms. The van der Waals surface area contributed by atoms with Crippen molar-refractivity contribution in [3.8, 4) is 5.69 Å². The largest absolute Gasteiger partial charge is 0.340 e. The van der Waals surface area contributed by atoms with Crippen LogP contribution in [-0.2, 0) is 0 Å². The molecule has 0 fully saturated rings. The molecule has 30 heavy (non-hydrogen) atoms. The Morgan fingerprint density at radius 1 is 0.833 bits per heavy atom. The van der Waals surface area contributed by atoms with Crippen molar-refractivity contribution in [3.05, 3.63) is 117 Å². The number of aryl methyl sites for hydroxylation is 1. The van der Waals surface area contributed by atoms with E-state index in [2.05, 4.69) is 42.6 Å². The highest BCUT2D eigenvalue weighted by atomic mass is 35.5. The van der Waals surface area contributed by atoms with Gasteiger partial charge in [0.1, 0.15) is 5.82 Å². The number of allylic oxidation sites excluding steroid dienone is 1. The lowest BCUT2D eigenvalue weighted by molar-refractivity contribution is 0.870. The second kappa shape index (κ2) is 7.67. The summed E-state index contributed by atoms with van der Waals surface area (Å²) in [5, 5.41) is 9.94. The second-order valence-electron chi connectivity index (χ2n) is 7.34. The number of anilines is 1. The van der Waals surface area contributed by atoms with Gasteiger partial charge in [0, 0.05) is 27.2 Å². The number of hydrogen-bond donors (Lipinski definition) is 1. The van der Waals surface area contributed by atoms with Gasteiger partial charge in [-0.25, -0.2) is 4.68 Å². The Kier molecular flexibility index (Phi) is 4.86. The molecule has 3 nitrogen and oxygen atoms in total. The van der Waals surface area contributed by atoms with Gasteiger partial charge in [-0.05, 0) is 60.5 Å². The molecule has 1 aliphatic heterocycles. The maximum absolute atomic E-state index is 6.15. The zero-order valence-corrected chi connectivity index (χ0v) is 17.8. The number of nitrogens with one attached hydrogen (secondary N) is 1. The summed E-state index contributed by atoms with van der Waals surface area (Å²) >= 11 is 12.3. The standard InChI is InChI=1S/C25H19Cl2N3/c1-16-24-22(17-7-11-19(26)12-8-17)15-23(18-9-13-20(27)14-10-18)28-25(24)30(29-16)21-5-3-2-4-6-21/h2-15,22,28H,1H3. The third kappa shape index (κ3) is 3.41. The SMILES string of the molecule is Cc1nn(-c2ccccc2)c2c1C(c1ccc(Cl)cc1)C=C(c1ccc(Cl)cc1)N2. The fraction of sp³-hybridized carbons (Fsp3) is 0.0800. The van der Waals surface area contributed by atoms with Crippen molar-refractivity contribution in [2.75, 3.05) is 5.32 Å². The third-order valence-corrected chi connectivity index (χ3v) is 5.89. The minimum atomic E-state index is 0.0571. The highest BCUT2D eigenvalue weighted by Gasteiger charge is 2.29. The van der Waals surface area contributed by atoms with Gasteiger partial charge in [0.05, 0.1) is 11.4 Å². The number of nitrogens with zero attached hydrogens (tertiary/aromatic N) is 2. The number of benzene rings is 3. The van der Waals surface area contributed by atoms with E-state index in [0.29, 0.717) is 0 Å². The van der Waals surface area contributed by atoms with E-state index in [1.54, 1.807) is 0 Å². The molecule has 1 aliphatic rings. The lowest BCUT2D eigenvalue weighted by atomic mass is 9.87. The predicted molar refractivity (Wildman–Crippen MR) is 125 cm³/mol. The number of para-hydroxylation sites is 1. The van der Waals surface area contributed by atoms with Crippen LogP contribution in [0, 0.1) is 6.92 Å². The van der Waals surface area contributed by atoms with E-state index < -0.39 is 0 Å². The molecule has 148 valence electrons. The number of hydrogen-bond acceptors (Lipinski definition) is 2. The molecule has 0 spiro atoms. The van der Waals surface area contributed by atoms with Crippen LogP contribution in [0.2, 0.25) is 10.0 Å². The van der Waals surface area contributed by atoms with E-state index >= 15 is 0 Å². The van der Waals surface area contributed by atoms with Gasteiger partial charge in [-0.1, -0.05) is 65.7 Å². The van der Waals surface area contributed by atoms with Crippen molar-refractivity contribution in [2.45, 2.75) is 12.8 Å². The average Bonchev–Trinajstić information content (AvgIpc) is 3.11. The Balaban J connectivity index is 1.70. The van der Waals surface area contributed by atoms with Gasteiger partial charge >= 0.3 is 0 Å². The molecular formula is C25H19Cl2N3. The van der Waals surface area contributed by atoms with Gasteiger partial charge in [0.2, 0.25) is 0 Å². The highest BCUT2D eigenvalue weighted by Crippen LogP contribution is 2.42. The summed E-state index contributed by atoms with van der Waals surface area (Å²) in [4.78, 5) is 0. The maximum atomic E-state index is 6.15. The van der Waals surface area contributed by atoms with Crippen molar-refractivity contribution in [1.29, 1.82) is 0 Å². The summed E-state index contributed by atoms with van der Waals surface area (Å²) in [5.74, 6) is 1.03. The van der Waals surface area contributed by atoms with Crippen molar-refractivity contribution in [1.82, 2.24) is 9.78 Å². The molecule has 1 atom stereocenters. The van der Waals surface area contributed by atoms with Gasteiger partial charge in [-0.3, -0.25) is 0 Å². The van der Waals surface area contributed by atoms with Crippen LogP contribution < -0.4 is 5.32 Å². The first kappa shape index (κ1) is 19.0. The molecule has 1 aromatic heterocycles. The van der Waals surface area contributed by atoms with Crippen LogP contribution in [0.5, 0.6) is 0 Å². The Morgan fingerprint density at radius 3 is 2.13 bits per heavy atom. The summed E-state index contributed by atoms with van der Waals surface area (Å²) in [6, 6.07) is 26.1. The minimum absolute atomic E-state index is 0.0571. The molecule has 3 aromatic carbocycles. The Labute approximate surface area is 185 Å². The monoisotopic (exact) mass is 431 g/mol. The Morgan fingerprint density at radius 2 is 1.47 bits per heavy atom. The van der Waals surface area contributed by atoms with Crippen LogP contribution in [0.4, 0.5) is 5.82 Å². The lowest BCUT2D eigenvalue weighted by Crippen LogP contribution is -2.15. The zero-order chi connectivity index (χ0) is 20.7. The first-order chi connectivity index (χ1) is 14.6. The smallest absolute Gasteiger partial charge is 0.138 e. The number of halogens is 2. The topological polar surface area (TPSA) is 29.9 Å². The van der Waals surface area contributed by atoms with E-state index in [4.69, 9.17) is 28.3 Å². The van der Waals surface area contributed by atoms with Crippen LogP contribution in [0.1, 0.15) is 28.3 Å². The van der Waals surface area contributed by atoms with Gasteiger partial charge < -0.3 is 5.32 Å². The second-order valence-corrected chi connectivity index (χ2v) is 8.21. The highest BCUT2D eigenvalue weighted by molar-refractivity contribution is 6.30. The molecule has 1 unspecified atom stereocenters. The van der Waals surface area contributed by atoms with Gasteiger partial charge in [0.25, 0.3) is 0 Å². The summed E-state index contributed by atoms with van der Waals surface area (Å²) < 4.78 is 1.98. The first-order valence-corrected chi connectivity index (χ1v) is 10.5. The fourth-order valence-corrected chi connectivity index (χ4v) is 4.19. The lowest BCUT2D eigenvalue weighted by Gasteiger charge is -2.25. The summed E-state index contributed by atoms with van der Waals surface area (Å²) in [6.07, 6.45) is 2.25. The Bertz CT molecular complexity index is 1220. The number of aromatic nitrogens is 2. The molecule has 0 aliphatic carbocycles. The van der Waals surface area contributed by atoms with Crippen molar-refractivity contribution in [3.63, 3.8) is 0 Å². The minimum Gasteiger partial charge on any atom is -0.340 e.